The first-order chi connectivity index (χ1) is 9.33. The number of urea groups is 1. The van der Waals surface area contributed by atoms with E-state index in [1.54, 1.807) is 0 Å². The smallest absolute Gasteiger partial charge is 0.317 e. The Morgan fingerprint density at radius 1 is 0.895 bits per heavy atom. The molecule has 3 aliphatic rings. The SMILES string of the molecule is O=C(NC1CCCC1)N(CC1CCCCC1)C1CC1. The molecule has 3 fully saturated rings. The largest absolute Gasteiger partial charge is 0.335 e. The van der Waals surface area contributed by atoms with Gasteiger partial charge in [0.15, 0.2) is 0 Å². The van der Waals surface area contributed by atoms with Crippen molar-refractivity contribution in [2.75, 3.05) is 6.54 Å². The van der Waals surface area contributed by atoms with Gasteiger partial charge in [0.2, 0.25) is 0 Å². The zero-order chi connectivity index (χ0) is 13.1. The number of nitrogens with one attached hydrogen (secondary N) is 1. The van der Waals surface area contributed by atoms with Crippen molar-refractivity contribution in [1.82, 2.24) is 10.2 Å². The van der Waals surface area contributed by atoms with E-state index in [4.69, 9.17) is 0 Å². The molecule has 0 aromatic rings. The van der Waals surface area contributed by atoms with Crippen LogP contribution in [0.2, 0.25) is 0 Å². The average Bonchev–Trinajstić information content (AvgIpc) is 3.15. The second-order valence-corrected chi connectivity index (χ2v) is 6.82. The minimum Gasteiger partial charge on any atom is -0.335 e. The lowest BCUT2D eigenvalue weighted by Gasteiger charge is -2.31. The van der Waals surface area contributed by atoms with Gasteiger partial charge in [-0.15, -0.1) is 0 Å². The zero-order valence-electron chi connectivity index (χ0n) is 12.1. The number of hydrogen-bond donors (Lipinski definition) is 1. The molecule has 3 heteroatoms. The monoisotopic (exact) mass is 264 g/mol. The van der Waals surface area contributed by atoms with Gasteiger partial charge in [-0.1, -0.05) is 32.1 Å². The summed E-state index contributed by atoms with van der Waals surface area (Å²) in [6.45, 7) is 1.02. The number of rotatable bonds is 4. The molecule has 0 bridgehead atoms. The van der Waals surface area contributed by atoms with Crippen molar-refractivity contribution < 1.29 is 4.79 Å². The molecular formula is C16H28N2O. The molecule has 3 aliphatic carbocycles. The Kier molecular flexibility index (Phi) is 4.29. The summed E-state index contributed by atoms with van der Waals surface area (Å²) < 4.78 is 0. The van der Waals surface area contributed by atoms with Crippen LogP contribution in [-0.2, 0) is 0 Å². The first kappa shape index (κ1) is 13.3. The van der Waals surface area contributed by atoms with Gasteiger partial charge in [-0.25, -0.2) is 4.79 Å². The highest BCUT2D eigenvalue weighted by atomic mass is 16.2. The summed E-state index contributed by atoms with van der Waals surface area (Å²) in [7, 11) is 0. The van der Waals surface area contributed by atoms with Crippen molar-refractivity contribution in [2.24, 2.45) is 5.92 Å². The molecule has 108 valence electrons. The van der Waals surface area contributed by atoms with E-state index in [1.807, 2.05) is 0 Å². The van der Waals surface area contributed by atoms with E-state index in [0.717, 1.165) is 12.5 Å². The maximum absolute atomic E-state index is 12.5. The quantitative estimate of drug-likeness (QED) is 0.825. The van der Waals surface area contributed by atoms with Crippen LogP contribution in [0.1, 0.15) is 70.6 Å². The Balaban J connectivity index is 1.52. The van der Waals surface area contributed by atoms with Crippen molar-refractivity contribution in [3.05, 3.63) is 0 Å². The van der Waals surface area contributed by atoms with E-state index < -0.39 is 0 Å². The van der Waals surface area contributed by atoms with Crippen LogP contribution < -0.4 is 5.32 Å². The lowest BCUT2D eigenvalue weighted by Crippen LogP contribution is -2.47. The van der Waals surface area contributed by atoms with Crippen LogP contribution in [0.5, 0.6) is 0 Å². The third-order valence-electron chi connectivity index (χ3n) is 5.11. The van der Waals surface area contributed by atoms with Gasteiger partial charge in [-0.05, 0) is 44.4 Å². The minimum absolute atomic E-state index is 0.236. The standard InChI is InChI=1S/C16H28N2O/c19-16(17-14-8-4-5-9-14)18(15-10-11-15)12-13-6-2-1-3-7-13/h13-15H,1-12H2,(H,17,19). The fraction of sp³-hybridized carbons (Fsp3) is 0.938. The molecule has 0 unspecified atom stereocenters. The van der Waals surface area contributed by atoms with E-state index in [9.17, 15) is 4.79 Å². The van der Waals surface area contributed by atoms with Crippen LogP contribution in [0.4, 0.5) is 4.79 Å². The summed E-state index contributed by atoms with van der Waals surface area (Å²) in [5.74, 6) is 0.767. The van der Waals surface area contributed by atoms with Crippen LogP contribution in [0.15, 0.2) is 0 Å². The van der Waals surface area contributed by atoms with Crippen molar-refractivity contribution >= 4 is 6.03 Å². The third kappa shape index (κ3) is 3.64. The van der Waals surface area contributed by atoms with Crippen molar-refractivity contribution in [1.29, 1.82) is 0 Å². The van der Waals surface area contributed by atoms with Crippen LogP contribution in [-0.4, -0.2) is 29.6 Å². The Bertz CT molecular complexity index is 302. The maximum atomic E-state index is 12.5. The highest BCUT2D eigenvalue weighted by molar-refractivity contribution is 5.75. The van der Waals surface area contributed by atoms with Gasteiger partial charge in [0.25, 0.3) is 0 Å². The topological polar surface area (TPSA) is 32.3 Å². The zero-order valence-corrected chi connectivity index (χ0v) is 12.1. The molecule has 3 nitrogen and oxygen atoms in total. The molecule has 0 saturated heterocycles. The lowest BCUT2D eigenvalue weighted by molar-refractivity contribution is 0.171. The predicted octanol–water partition coefficient (Wildman–Crippen LogP) is 3.68. The van der Waals surface area contributed by atoms with Crippen molar-refractivity contribution in [3.8, 4) is 0 Å². The summed E-state index contributed by atoms with van der Waals surface area (Å²) >= 11 is 0. The molecule has 0 aliphatic heterocycles. The number of carbonyl (C=O) groups excluding carboxylic acids is 1. The minimum atomic E-state index is 0.236. The van der Waals surface area contributed by atoms with E-state index in [-0.39, 0.29) is 6.03 Å². The molecule has 0 heterocycles. The molecule has 3 rings (SSSR count). The van der Waals surface area contributed by atoms with Gasteiger partial charge >= 0.3 is 6.03 Å². The Morgan fingerprint density at radius 2 is 1.53 bits per heavy atom. The van der Waals surface area contributed by atoms with Gasteiger partial charge in [0.05, 0.1) is 0 Å². The molecule has 0 spiro atoms. The summed E-state index contributed by atoms with van der Waals surface area (Å²) in [5, 5.41) is 3.28. The lowest BCUT2D eigenvalue weighted by atomic mass is 9.89. The number of hydrogen-bond acceptors (Lipinski definition) is 1. The Morgan fingerprint density at radius 3 is 2.16 bits per heavy atom. The molecule has 0 aromatic carbocycles. The molecule has 0 radical (unpaired) electrons. The highest BCUT2D eigenvalue weighted by Crippen LogP contribution is 2.31. The Hall–Kier alpha value is -0.730. The molecule has 0 atom stereocenters. The number of amides is 2. The number of nitrogens with zero attached hydrogens (tertiary/aromatic N) is 1. The maximum Gasteiger partial charge on any atom is 0.317 e. The van der Waals surface area contributed by atoms with E-state index >= 15 is 0 Å². The van der Waals surface area contributed by atoms with E-state index in [0.29, 0.717) is 12.1 Å². The molecule has 0 aromatic heterocycles. The highest BCUT2D eigenvalue weighted by Gasteiger charge is 2.35. The summed E-state index contributed by atoms with van der Waals surface area (Å²) in [4.78, 5) is 14.6. The summed E-state index contributed by atoms with van der Waals surface area (Å²) in [6.07, 6.45) is 14.2. The van der Waals surface area contributed by atoms with Gasteiger partial charge in [-0.3, -0.25) is 0 Å². The number of carbonyl (C=O) groups is 1. The van der Waals surface area contributed by atoms with Crippen molar-refractivity contribution in [3.63, 3.8) is 0 Å². The summed E-state index contributed by atoms with van der Waals surface area (Å²) in [6, 6.07) is 1.25. The molecule has 2 amide bonds. The fourth-order valence-electron chi connectivity index (χ4n) is 3.76. The van der Waals surface area contributed by atoms with E-state index in [1.165, 1.54) is 70.6 Å². The predicted molar refractivity (Wildman–Crippen MR) is 77.1 cm³/mol. The molecule has 3 saturated carbocycles. The van der Waals surface area contributed by atoms with Gasteiger partial charge in [-0.2, -0.15) is 0 Å². The fourth-order valence-corrected chi connectivity index (χ4v) is 3.76. The molecule has 19 heavy (non-hydrogen) atoms. The van der Waals surface area contributed by atoms with Gasteiger partial charge in [0.1, 0.15) is 0 Å². The van der Waals surface area contributed by atoms with Gasteiger partial charge in [0, 0.05) is 18.6 Å². The van der Waals surface area contributed by atoms with Crippen molar-refractivity contribution in [2.45, 2.75) is 82.7 Å². The van der Waals surface area contributed by atoms with Crippen LogP contribution in [0, 0.1) is 5.92 Å². The van der Waals surface area contributed by atoms with Crippen LogP contribution in [0.25, 0.3) is 0 Å². The second kappa shape index (κ2) is 6.15. The first-order valence-corrected chi connectivity index (χ1v) is 8.40. The normalized spacial score (nSPS) is 25.5. The first-order valence-electron chi connectivity index (χ1n) is 8.40. The second-order valence-electron chi connectivity index (χ2n) is 6.82. The molecule has 1 N–H and O–H groups in total. The van der Waals surface area contributed by atoms with Crippen LogP contribution >= 0.6 is 0 Å². The van der Waals surface area contributed by atoms with E-state index in [2.05, 4.69) is 10.2 Å². The average molecular weight is 264 g/mol. The summed E-state index contributed by atoms with van der Waals surface area (Å²) in [5.41, 5.74) is 0. The Labute approximate surface area is 117 Å². The van der Waals surface area contributed by atoms with Crippen LogP contribution in [0.3, 0.4) is 0 Å². The van der Waals surface area contributed by atoms with Gasteiger partial charge < -0.3 is 10.2 Å². The molecular weight excluding hydrogens is 236 g/mol. The third-order valence-corrected chi connectivity index (χ3v) is 5.11.